The first-order valence-corrected chi connectivity index (χ1v) is 8.43. The van der Waals surface area contributed by atoms with Gasteiger partial charge in [-0.05, 0) is 68.1 Å². The Balaban J connectivity index is 1.42. The zero-order valence-corrected chi connectivity index (χ0v) is 12.8. The van der Waals surface area contributed by atoms with Crippen LogP contribution in [0.2, 0.25) is 0 Å². The molecule has 5 rings (SSSR count). The Hall–Kier alpha value is -1.06. The van der Waals surface area contributed by atoms with Gasteiger partial charge in [0.15, 0.2) is 0 Å². The van der Waals surface area contributed by atoms with Gasteiger partial charge in [-0.3, -0.25) is 9.59 Å². The highest BCUT2D eigenvalue weighted by molar-refractivity contribution is 5.89. The van der Waals surface area contributed by atoms with Crippen molar-refractivity contribution in [2.45, 2.75) is 44.9 Å². The van der Waals surface area contributed by atoms with Gasteiger partial charge in [0.2, 0.25) is 5.91 Å². The fourth-order valence-electron chi connectivity index (χ4n) is 6.09. The Labute approximate surface area is 125 Å². The normalized spacial score (nSPS) is 46.4. The molecule has 116 valence electrons. The summed E-state index contributed by atoms with van der Waals surface area (Å²) >= 11 is 0. The first kappa shape index (κ1) is 13.6. The van der Waals surface area contributed by atoms with E-state index in [1.165, 1.54) is 38.5 Å². The molecule has 0 aliphatic heterocycles. The summed E-state index contributed by atoms with van der Waals surface area (Å²) in [7, 11) is 1.89. The van der Waals surface area contributed by atoms with E-state index in [0.29, 0.717) is 11.8 Å². The largest absolute Gasteiger partial charge is 0.481 e. The third kappa shape index (κ3) is 2.27. The van der Waals surface area contributed by atoms with Crippen molar-refractivity contribution in [3.8, 4) is 0 Å². The molecule has 0 radical (unpaired) electrons. The van der Waals surface area contributed by atoms with Gasteiger partial charge in [-0.25, -0.2) is 0 Å². The molecule has 4 bridgehead atoms. The van der Waals surface area contributed by atoms with Crippen molar-refractivity contribution in [1.29, 1.82) is 0 Å². The van der Waals surface area contributed by atoms with E-state index >= 15 is 0 Å². The van der Waals surface area contributed by atoms with Crippen molar-refractivity contribution >= 4 is 11.9 Å². The van der Waals surface area contributed by atoms with Gasteiger partial charge >= 0.3 is 5.97 Å². The van der Waals surface area contributed by atoms with Crippen molar-refractivity contribution < 1.29 is 14.7 Å². The smallest absolute Gasteiger partial charge is 0.307 e. The molecule has 0 aromatic heterocycles. The summed E-state index contributed by atoms with van der Waals surface area (Å²) in [6.07, 6.45) is 8.68. The number of amides is 1. The van der Waals surface area contributed by atoms with Crippen LogP contribution >= 0.6 is 0 Å². The SMILES string of the molecule is CN(CC12CC3CC(CC(C3)C1)C2)C(=O)[C@@H]1C[C@@H]1C(=O)O. The van der Waals surface area contributed by atoms with Gasteiger partial charge in [0, 0.05) is 13.6 Å². The summed E-state index contributed by atoms with van der Waals surface area (Å²) in [5.41, 5.74) is 0.354. The number of rotatable bonds is 4. The molecule has 5 aliphatic rings. The number of carbonyl (C=O) groups is 2. The van der Waals surface area contributed by atoms with Crippen LogP contribution in [0.15, 0.2) is 0 Å². The summed E-state index contributed by atoms with van der Waals surface area (Å²) < 4.78 is 0. The average Bonchev–Trinajstić information content (AvgIpc) is 3.15. The monoisotopic (exact) mass is 291 g/mol. The van der Waals surface area contributed by atoms with Crippen LogP contribution in [-0.4, -0.2) is 35.5 Å². The highest BCUT2D eigenvalue weighted by Gasteiger charge is 2.53. The van der Waals surface area contributed by atoms with Crippen molar-refractivity contribution in [1.82, 2.24) is 4.90 Å². The van der Waals surface area contributed by atoms with Crippen molar-refractivity contribution in [2.24, 2.45) is 35.0 Å². The number of nitrogens with zero attached hydrogens (tertiary/aromatic N) is 1. The zero-order valence-electron chi connectivity index (χ0n) is 12.8. The Morgan fingerprint density at radius 1 is 1.00 bits per heavy atom. The molecule has 4 nitrogen and oxygen atoms in total. The molecule has 0 saturated heterocycles. The van der Waals surface area contributed by atoms with E-state index in [9.17, 15) is 9.59 Å². The van der Waals surface area contributed by atoms with Gasteiger partial charge in [0.1, 0.15) is 0 Å². The van der Waals surface area contributed by atoms with Crippen LogP contribution in [0.1, 0.15) is 44.9 Å². The maximum absolute atomic E-state index is 12.4. The van der Waals surface area contributed by atoms with Crippen LogP contribution in [0, 0.1) is 35.0 Å². The highest BCUT2D eigenvalue weighted by atomic mass is 16.4. The fourth-order valence-corrected chi connectivity index (χ4v) is 6.09. The third-order valence-corrected chi connectivity index (χ3v) is 6.54. The number of carboxylic acids is 1. The minimum absolute atomic E-state index is 0.0677. The minimum atomic E-state index is -0.809. The van der Waals surface area contributed by atoms with Crippen molar-refractivity contribution in [3.05, 3.63) is 0 Å². The molecule has 2 atom stereocenters. The van der Waals surface area contributed by atoms with Gasteiger partial charge in [-0.15, -0.1) is 0 Å². The lowest BCUT2D eigenvalue weighted by Gasteiger charge is -2.57. The highest BCUT2D eigenvalue weighted by Crippen LogP contribution is 2.60. The topological polar surface area (TPSA) is 57.6 Å². The second-order valence-electron chi connectivity index (χ2n) is 8.40. The number of aliphatic carboxylic acids is 1. The first-order valence-electron chi connectivity index (χ1n) is 8.43. The second-order valence-corrected chi connectivity index (χ2v) is 8.40. The number of carboxylic acid groups (broad SMARTS) is 1. The van der Waals surface area contributed by atoms with Gasteiger partial charge in [0.25, 0.3) is 0 Å². The molecule has 0 unspecified atom stereocenters. The van der Waals surface area contributed by atoms with E-state index in [2.05, 4.69) is 0 Å². The van der Waals surface area contributed by atoms with Crippen molar-refractivity contribution in [2.75, 3.05) is 13.6 Å². The van der Waals surface area contributed by atoms with Gasteiger partial charge in [0.05, 0.1) is 11.8 Å². The Kier molecular flexibility index (Phi) is 2.89. The maximum atomic E-state index is 12.4. The van der Waals surface area contributed by atoms with Crippen LogP contribution < -0.4 is 0 Å². The predicted molar refractivity (Wildman–Crippen MR) is 77.5 cm³/mol. The first-order chi connectivity index (χ1) is 9.96. The van der Waals surface area contributed by atoms with Crippen LogP contribution in [0.4, 0.5) is 0 Å². The number of carbonyl (C=O) groups excluding carboxylic acids is 1. The molecule has 5 saturated carbocycles. The van der Waals surface area contributed by atoms with Crippen LogP contribution in [0.3, 0.4) is 0 Å². The maximum Gasteiger partial charge on any atom is 0.307 e. The predicted octanol–water partition coefficient (Wildman–Crippen LogP) is 2.38. The molecule has 5 fully saturated rings. The molecular formula is C17H25NO3. The summed E-state index contributed by atoms with van der Waals surface area (Å²) in [5, 5.41) is 8.99. The summed E-state index contributed by atoms with van der Waals surface area (Å²) in [6, 6.07) is 0. The Morgan fingerprint density at radius 3 is 1.95 bits per heavy atom. The van der Waals surface area contributed by atoms with Gasteiger partial charge in [-0.1, -0.05) is 0 Å². The lowest BCUT2D eigenvalue weighted by molar-refractivity contribution is -0.143. The standard InChI is InChI=1S/C17H25NO3/c1-18(15(19)13-5-14(13)16(20)21)9-17-6-10-2-11(7-17)4-12(3-10)8-17/h10-14H,2-9H2,1H3,(H,20,21)/t10?,11?,12?,13-,14+,17?/m1/s1. The Morgan fingerprint density at radius 2 is 1.52 bits per heavy atom. The molecule has 0 aromatic rings. The molecule has 5 aliphatic carbocycles. The molecule has 1 amide bonds. The third-order valence-electron chi connectivity index (χ3n) is 6.54. The molecule has 0 aromatic carbocycles. The lowest BCUT2D eigenvalue weighted by Crippen LogP contribution is -2.51. The van der Waals surface area contributed by atoms with E-state index in [4.69, 9.17) is 5.11 Å². The molecule has 1 N–H and O–H groups in total. The van der Waals surface area contributed by atoms with Gasteiger partial charge < -0.3 is 10.0 Å². The number of hydrogen-bond acceptors (Lipinski definition) is 2. The fraction of sp³-hybridized carbons (Fsp3) is 0.882. The molecule has 21 heavy (non-hydrogen) atoms. The number of hydrogen-bond donors (Lipinski definition) is 1. The van der Waals surface area contributed by atoms with Crippen molar-refractivity contribution in [3.63, 3.8) is 0 Å². The average molecular weight is 291 g/mol. The van der Waals surface area contributed by atoms with Crippen LogP contribution in [0.5, 0.6) is 0 Å². The summed E-state index contributed by atoms with van der Waals surface area (Å²) in [6.45, 7) is 0.859. The van der Waals surface area contributed by atoms with Gasteiger partial charge in [-0.2, -0.15) is 0 Å². The summed E-state index contributed by atoms with van der Waals surface area (Å²) in [4.78, 5) is 25.2. The molecule has 0 heterocycles. The van der Waals surface area contributed by atoms with Crippen LogP contribution in [-0.2, 0) is 9.59 Å². The molecule has 0 spiro atoms. The quantitative estimate of drug-likeness (QED) is 0.865. The van der Waals surface area contributed by atoms with E-state index in [1.807, 2.05) is 11.9 Å². The summed E-state index contributed by atoms with van der Waals surface area (Å²) in [5.74, 6) is 1.28. The minimum Gasteiger partial charge on any atom is -0.481 e. The second kappa shape index (κ2) is 4.47. The Bertz CT molecular complexity index is 451. The van der Waals surface area contributed by atoms with E-state index in [-0.39, 0.29) is 11.8 Å². The zero-order chi connectivity index (χ0) is 14.8. The molecule has 4 heteroatoms. The van der Waals surface area contributed by atoms with E-state index < -0.39 is 11.9 Å². The lowest BCUT2D eigenvalue weighted by atomic mass is 9.49. The van der Waals surface area contributed by atoms with E-state index in [1.54, 1.807) is 0 Å². The van der Waals surface area contributed by atoms with E-state index in [0.717, 1.165) is 24.3 Å². The molecular weight excluding hydrogens is 266 g/mol. The van der Waals surface area contributed by atoms with Crippen LogP contribution in [0.25, 0.3) is 0 Å².